The van der Waals surface area contributed by atoms with E-state index in [9.17, 15) is 9.59 Å². The SMILES string of the molecule is Cc1cc(=O)nc(CC2CCN(C(=O)C3CC3)C2)n1-c1ccc(Br)cc1. The lowest BCUT2D eigenvalue weighted by atomic mass is 10.0. The van der Waals surface area contributed by atoms with Crippen molar-refractivity contribution in [3.8, 4) is 5.69 Å². The van der Waals surface area contributed by atoms with Crippen molar-refractivity contribution in [3.63, 3.8) is 0 Å². The minimum atomic E-state index is -0.199. The number of nitrogens with zero attached hydrogens (tertiary/aromatic N) is 3. The van der Waals surface area contributed by atoms with Gasteiger partial charge in [-0.25, -0.2) is 0 Å². The van der Waals surface area contributed by atoms with Gasteiger partial charge in [0, 0.05) is 47.3 Å². The molecule has 0 N–H and O–H groups in total. The first-order chi connectivity index (χ1) is 12.5. The minimum absolute atomic E-state index is 0.199. The summed E-state index contributed by atoms with van der Waals surface area (Å²) in [5.41, 5.74) is 1.68. The van der Waals surface area contributed by atoms with Gasteiger partial charge in [0.15, 0.2) is 0 Å². The Morgan fingerprint density at radius 2 is 1.96 bits per heavy atom. The molecule has 5 nitrogen and oxygen atoms in total. The number of hydrogen-bond acceptors (Lipinski definition) is 3. The van der Waals surface area contributed by atoms with E-state index in [1.165, 1.54) is 0 Å². The molecule has 1 atom stereocenters. The van der Waals surface area contributed by atoms with Gasteiger partial charge in [0.25, 0.3) is 5.56 Å². The van der Waals surface area contributed by atoms with E-state index in [0.29, 0.717) is 18.2 Å². The van der Waals surface area contributed by atoms with Gasteiger partial charge in [0.1, 0.15) is 5.82 Å². The molecule has 0 radical (unpaired) electrons. The maximum atomic E-state index is 12.3. The summed E-state index contributed by atoms with van der Waals surface area (Å²) in [6.45, 7) is 3.54. The van der Waals surface area contributed by atoms with Crippen LogP contribution in [0.15, 0.2) is 39.6 Å². The third-order valence-corrected chi connectivity index (χ3v) is 5.79. The molecule has 1 unspecified atom stereocenters. The number of rotatable bonds is 4. The molecule has 136 valence electrons. The summed E-state index contributed by atoms with van der Waals surface area (Å²) < 4.78 is 3.07. The molecule has 1 aliphatic carbocycles. The third kappa shape index (κ3) is 3.61. The Morgan fingerprint density at radius 1 is 1.23 bits per heavy atom. The third-order valence-electron chi connectivity index (χ3n) is 5.26. The predicted molar refractivity (Wildman–Crippen MR) is 103 cm³/mol. The van der Waals surface area contributed by atoms with E-state index in [0.717, 1.165) is 54.0 Å². The van der Waals surface area contributed by atoms with Crippen LogP contribution < -0.4 is 5.56 Å². The lowest BCUT2D eigenvalue weighted by molar-refractivity contribution is -0.131. The molecule has 4 rings (SSSR count). The van der Waals surface area contributed by atoms with Gasteiger partial charge in [0.05, 0.1) is 0 Å². The number of amides is 1. The van der Waals surface area contributed by atoms with Crippen molar-refractivity contribution in [3.05, 3.63) is 56.7 Å². The van der Waals surface area contributed by atoms with E-state index in [-0.39, 0.29) is 11.5 Å². The van der Waals surface area contributed by atoms with E-state index in [1.54, 1.807) is 6.07 Å². The molecule has 1 aromatic heterocycles. The molecule has 1 aliphatic heterocycles. The van der Waals surface area contributed by atoms with Crippen LogP contribution in [0.3, 0.4) is 0 Å². The Bertz CT molecular complexity index is 887. The van der Waals surface area contributed by atoms with Crippen molar-refractivity contribution in [1.82, 2.24) is 14.5 Å². The lowest BCUT2D eigenvalue weighted by Gasteiger charge is -2.19. The van der Waals surface area contributed by atoms with Crippen molar-refractivity contribution in [2.75, 3.05) is 13.1 Å². The molecule has 1 saturated carbocycles. The first kappa shape index (κ1) is 17.5. The number of carbonyl (C=O) groups excluding carboxylic acids is 1. The van der Waals surface area contributed by atoms with Crippen molar-refractivity contribution in [1.29, 1.82) is 0 Å². The van der Waals surface area contributed by atoms with Crippen LogP contribution in [0.1, 0.15) is 30.8 Å². The zero-order valence-electron chi connectivity index (χ0n) is 14.8. The molecule has 1 saturated heterocycles. The van der Waals surface area contributed by atoms with Gasteiger partial charge in [-0.15, -0.1) is 0 Å². The Labute approximate surface area is 161 Å². The molecule has 0 bridgehead atoms. The Kier molecular flexibility index (Phi) is 4.69. The second-order valence-electron chi connectivity index (χ2n) is 7.38. The van der Waals surface area contributed by atoms with Crippen LogP contribution in [-0.2, 0) is 11.2 Å². The molecule has 26 heavy (non-hydrogen) atoms. The average Bonchev–Trinajstić information content (AvgIpc) is 3.35. The van der Waals surface area contributed by atoms with Gasteiger partial charge in [-0.1, -0.05) is 15.9 Å². The molecule has 1 amide bonds. The zero-order valence-corrected chi connectivity index (χ0v) is 16.4. The molecule has 0 spiro atoms. The quantitative estimate of drug-likeness (QED) is 0.770. The Hall–Kier alpha value is -1.95. The van der Waals surface area contributed by atoms with Gasteiger partial charge in [-0.3, -0.25) is 9.59 Å². The highest BCUT2D eigenvalue weighted by Crippen LogP contribution is 2.33. The van der Waals surface area contributed by atoms with E-state index in [1.807, 2.05) is 36.1 Å². The number of halogens is 1. The van der Waals surface area contributed by atoms with Crippen molar-refractivity contribution in [2.45, 2.75) is 32.6 Å². The van der Waals surface area contributed by atoms with Crippen molar-refractivity contribution < 1.29 is 4.79 Å². The normalized spacial score (nSPS) is 19.8. The van der Waals surface area contributed by atoms with Crippen LogP contribution in [0.5, 0.6) is 0 Å². The topological polar surface area (TPSA) is 55.2 Å². The summed E-state index contributed by atoms with van der Waals surface area (Å²) in [4.78, 5) is 30.6. The fourth-order valence-corrected chi connectivity index (χ4v) is 4.05. The summed E-state index contributed by atoms with van der Waals surface area (Å²) >= 11 is 3.46. The first-order valence-electron chi connectivity index (χ1n) is 9.15. The summed E-state index contributed by atoms with van der Waals surface area (Å²) in [5.74, 6) is 1.72. The number of benzene rings is 1. The second kappa shape index (κ2) is 6.99. The summed E-state index contributed by atoms with van der Waals surface area (Å²) in [7, 11) is 0. The van der Waals surface area contributed by atoms with Gasteiger partial charge in [0.2, 0.25) is 5.91 Å². The summed E-state index contributed by atoms with van der Waals surface area (Å²) in [6, 6.07) is 9.59. The van der Waals surface area contributed by atoms with Crippen LogP contribution in [0.2, 0.25) is 0 Å². The summed E-state index contributed by atoms with van der Waals surface area (Å²) in [5, 5.41) is 0. The molecular formula is C20H22BrN3O2. The van der Waals surface area contributed by atoms with Crippen LogP contribution in [0.25, 0.3) is 5.69 Å². The predicted octanol–water partition coefficient (Wildman–Crippen LogP) is 3.10. The maximum Gasteiger partial charge on any atom is 0.273 e. The minimum Gasteiger partial charge on any atom is -0.342 e. The van der Waals surface area contributed by atoms with Crippen LogP contribution in [0.4, 0.5) is 0 Å². The van der Waals surface area contributed by atoms with E-state index in [2.05, 4.69) is 25.5 Å². The average molecular weight is 416 g/mol. The molecular weight excluding hydrogens is 394 g/mol. The largest absolute Gasteiger partial charge is 0.342 e. The highest BCUT2D eigenvalue weighted by atomic mass is 79.9. The fraction of sp³-hybridized carbons (Fsp3) is 0.450. The number of aryl methyl sites for hydroxylation is 1. The van der Waals surface area contributed by atoms with Crippen LogP contribution in [0, 0.1) is 18.8 Å². The smallest absolute Gasteiger partial charge is 0.273 e. The standard InChI is InChI=1S/C20H22BrN3O2/c1-13-10-19(25)22-18(24(13)17-6-4-16(21)5-7-17)11-14-8-9-23(12-14)20(26)15-2-3-15/h4-7,10,14-15H,2-3,8-9,11-12H2,1H3. The molecule has 2 fully saturated rings. The number of aromatic nitrogens is 2. The van der Waals surface area contributed by atoms with Crippen molar-refractivity contribution in [2.24, 2.45) is 11.8 Å². The monoisotopic (exact) mass is 415 g/mol. The fourth-order valence-electron chi connectivity index (χ4n) is 3.78. The van der Waals surface area contributed by atoms with Crippen LogP contribution >= 0.6 is 15.9 Å². The molecule has 1 aromatic carbocycles. The van der Waals surface area contributed by atoms with E-state index >= 15 is 0 Å². The second-order valence-corrected chi connectivity index (χ2v) is 8.30. The Balaban J connectivity index is 1.59. The zero-order chi connectivity index (χ0) is 18.3. The number of likely N-dealkylation sites (tertiary alicyclic amines) is 1. The lowest BCUT2D eigenvalue weighted by Crippen LogP contribution is -2.30. The molecule has 2 aromatic rings. The van der Waals surface area contributed by atoms with Gasteiger partial charge in [-0.05, 0) is 56.4 Å². The molecule has 2 aliphatic rings. The van der Waals surface area contributed by atoms with Gasteiger partial charge in [-0.2, -0.15) is 4.98 Å². The van der Waals surface area contributed by atoms with Gasteiger partial charge >= 0.3 is 0 Å². The highest BCUT2D eigenvalue weighted by molar-refractivity contribution is 9.10. The summed E-state index contributed by atoms with van der Waals surface area (Å²) in [6.07, 6.45) is 3.77. The van der Waals surface area contributed by atoms with E-state index < -0.39 is 0 Å². The maximum absolute atomic E-state index is 12.3. The highest BCUT2D eigenvalue weighted by Gasteiger charge is 2.36. The molecule has 2 heterocycles. The van der Waals surface area contributed by atoms with E-state index in [4.69, 9.17) is 0 Å². The van der Waals surface area contributed by atoms with Crippen LogP contribution in [-0.4, -0.2) is 33.4 Å². The molecule has 6 heteroatoms. The van der Waals surface area contributed by atoms with Gasteiger partial charge < -0.3 is 9.47 Å². The number of carbonyl (C=O) groups is 1. The first-order valence-corrected chi connectivity index (χ1v) is 9.95. The Morgan fingerprint density at radius 3 is 2.65 bits per heavy atom. The number of hydrogen-bond donors (Lipinski definition) is 0. The van der Waals surface area contributed by atoms with Crippen molar-refractivity contribution >= 4 is 21.8 Å².